The number of fused-ring (bicyclic) bond motifs is 6. The molecule has 7 heteroatoms. The summed E-state index contributed by atoms with van der Waals surface area (Å²) in [6.07, 6.45) is 0. The predicted octanol–water partition coefficient (Wildman–Crippen LogP) is 14.6. The summed E-state index contributed by atoms with van der Waals surface area (Å²) in [6, 6.07) is 78.7. The predicted molar refractivity (Wildman–Crippen MR) is 272 cm³/mol. The van der Waals surface area contributed by atoms with Gasteiger partial charge < -0.3 is 9.13 Å². The van der Waals surface area contributed by atoms with Gasteiger partial charge in [-0.25, -0.2) is 9.97 Å². The van der Waals surface area contributed by atoms with E-state index < -0.39 is 0 Å². The molecule has 9 aromatic carbocycles. The molecule has 3 heterocycles. The standard InChI is InChI=1S/C61H35N7/c62-36-39-23-26-58(50(32-39)46-30-40(37-63)29-41(31-46)38-64)68-57-22-12-9-19-49(57)52-33-44(24-27-60(52)68)51-34-45(25-28-59(51)67-55-20-10-7-17-47(55)48-18-8-11-21-56(48)67)54-35-53(42-13-3-1-4-14-42)65-61(66-54)43-15-5-2-6-16-43/h1-35H. The fourth-order valence-corrected chi connectivity index (χ4v) is 9.72. The van der Waals surface area contributed by atoms with Crippen molar-refractivity contribution < 1.29 is 0 Å². The van der Waals surface area contributed by atoms with E-state index in [-0.39, 0.29) is 0 Å². The maximum absolute atomic E-state index is 10.1. The lowest BCUT2D eigenvalue weighted by Gasteiger charge is -2.17. The molecule has 314 valence electrons. The lowest BCUT2D eigenvalue weighted by Crippen LogP contribution is -2.00. The van der Waals surface area contributed by atoms with Crippen molar-refractivity contribution in [2.24, 2.45) is 0 Å². The zero-order valence-electron chi connectivity index (χ0n) is 36.3. The lowest BCUT2D eigenvalue weighted by atomic mass is 9.96. The van der Waals surface area contributed by atoms with E-state index in [4.69, 9.17) is 9.97 Å². The van der Waals surface area contributed by atoms with E-state index in [1.54, 1.807) is 18.2 Å². The average molecular weight is 866 g/mol. The second-order valence-corrected chi connectivity index (χ2v) is 16.7. The van der Waals surface area contributed by atoms with Crippen molar-refractivity contribution in [2.75, 3.05) is 0 Å². The van der Waals surface area contributed by atoms with Gasteiger partial charge >= 0.3 is 0 Å². The number of benzene rings is 9. The van der Waals surface area contributed by atoms with Gasteiger partial charge in [-0.1, -0.05) is 127 Å². The molecular weight excluding hydrogens is 831 g/mol. The Balaban J connectivity index is 1.12. The Kier molecular flexibility index (Phi) is 9.51. The number of hydrogen-bond donors (Lipinski definition) is 0. The van der Waals surface area contributed by atoms with E-state index in [0.717, 1.165) is 89.0 Å². The van der Waals surface area contributed by atoms with Crippen LogP contribution >= 0.6 is 0 Å². The van der Waals surface area contributed by atoms with E-state index in [2.05, 4.69) is 149 Å². The normalized spacial score (nSPS) is 11.2. The van der Waals surface area contributed by atoms with Gasteiger partial charge in [0.15, 0.2) is 5.82 Å². The van der Waals surface area contributed by atoms with Crippen LogP contribution in [-0.2, 0) is 0 Å². The minimum Gasteiger partial charge on any atom is -0.309 e. The quantitative estimate of drug-likeness (QED) is 0.159. The van der Waals surface area contributed by atoms with Crippen LogP contribution < -0.4 is 0 Å². The summed E-state index contributed by atoms with van der Waals surface area (Å²) in [6.45, 7) is 0. The minimum absolute atomic E-state index is 0.370. The largest absolute Gasteiger partial charge is 0.309 e. The molecule has 12 aromatic rings. The Morgan fingerprint density at radius 3 is 1.37 bits per heavy atom. The highest BCUT2D eigenvalue weighted by Gasteiger charge is 2.21. The number of para-hydroxylation sites is 3. The number of nitrogens with zero attached hydrogens (tertiary/aromatic N) is 7. The van der Waals surface area contributed by atoms with Gasteiger partial charge in [0.2, 0.25) is 0 Å². The highest BCUT2D eigenvalue weighted by molar-refractivity contribution is 6.12. The Morgan fingerprint density at radius 1 is 0.309 bits per heavy atom. The molecule has 3 aromatic heterocycles. The molecule has 0 saturated heterocycles. The molecule has 0 spiro atoms. The maximum Gasteiger partial charge on any atom is 0.160 e. The van der Waals surface area contributed by atoms with Crippen LogP contribution in [-0.4, -0.2) is 19.1 Å². The third-order valence-electron chi connectivity index (χ3n) is 12.8. The SMILES string of the molecule is N#Cc1cc(C#N)cc(-c2cc(C#N)ccc2-n2c3ccccc3c3cc(-c4cc(-c5cc(-c6ccccc6)nc(-c6ccccc6)n5)ccc4-n4c5ccccc5c5ccccc54)ccc32)c1. The van der Waals surface area contributed by atoms with Crippen molar-refractivity contribution in [2.45, 2.75) is 0 Å². The van der Waals surface area contributed by atoms with Crippen molar-refractivity contribution in [1.82, 2.24) is 19.1 Å². The zero-order valence-corrected chi connectivity index (χ0v) is 36.3. The Bertz CT molecular complexity index is 3980. The van der Waals surface area contributed by atoms with Crippen molar-refractivity contribution in [3.05, 3.63) is 229 Å². The molecule has 0 radical (unpaired) electrons. The van der Waals surface area contributed by atoms with Gasteiger partial charge in [-0.3, -0.25) is 0 Å². The van der Waals surface area contributed by atoms with Crippen LogP contribution in [0.3, 0.4) is 0 Å². The van der Waals surface area contributed by atoms with Crippen molar-refractivity contribution >= 4 is 43.6 Å². The first-order valence-electron chi connectivity index (χ1n) is 22.2. The number of aromatic nitrogens is 4. The van der Waals surface area contributed by atoms with Crippen LogP contribution in [0.5, 0.6) is 0 Å². The zero-order chi connectivity index (χ0) is 45.7. The van der Waals surface area contributed by atoms with Crippen molar-refractivity contribution in [3.63, 3.8) is 0 Å². The van der Waals surface area contributed by atoms with E-state index in [1.807, 2.05) is 72.8 Å². The molecular formula is C61H35N7. The van der Waals surface area contributed by atoms with Gasteiger partial charge in [0, 0.05) is 49.4 Å². The first kappa shape index (κ1) is 39.7. The summed E-state index contributed by atoms with van der Waals surface area (Å²) in [5, 5.41) is 34.4. The number of hydrogen-bond acceptors (Lipinski definition) is 5. The molecule has 12 rings (SSSR count). The molecule has 0 unspecified atom stereocenters. The number of rotatable bonds is 7. The summed E-state index contributed by atoms with van der Waals surface area (Å²) in [5.74, 6) is 0.648. The van der Waals surface area contributed by atoms with Crippen LogP contribution in [0.25, 0.3) is 111 Å². The number of nitriles is 3. The van der Waals surface area contributed by atoms with Crippen LogP contribution in [0.1, 0.15) is 16.7 Å². The van der Waals surface area contributed by atoms with Gasteiger partial charge in [-0.15, -0.1) is 0 Å². The molecule has 68 heavy (non-hydrogen) atoms. The van der Waals surface area contributed by atoms with Gasteiger partial charge in [-0.05, 0) is 96.1 Å². The van der Waals surface area contributed by atoms with E-state index in [9.17, 15) is 15.8 Å². The van der Waals surface area contributed by atoms with E-state index in [0.29, 0.717) is 28.1 Å². The molecule has 0 N–H and O–H groups in total. The molecule has 7 nitrogen and oxygen atoms in total. The fourth-order valence-electron chi connectivity index (χ4n) is 9.72. The Morgan fingerprint density at radius 2 is 0.779 bits per heavy atom. The third kappa shape index (κ3) is 6.65. The molecule has 0 aliphatic heterocycles. The first-order valence-corrected chi connectivity index (χ1v) is 22.2. The van der Waals surface area contributed by atoms with Gasteiger partial charge in [0.25, 0.3) is 0 Å². The summed E-state index contributed by atoms with van der Waals surface area (Å²) >= 11 is 0. The Hall–Kier alpha value is -9.87. The van der Waals surface area contributed by atoms with Gasteiger partial charge in [0.05, 0.1) is 79.7 Å². The smallest absolute Gasteiger partial charge is 0.160 e. The fraction of sp³-hybridized carbons (Fsp3) is 0. The van der Waals surface area contributed by atoms with Crippen molar-refractivity contribution in [1.29, 1.82) is 15.8 Å². The third-order valence-corrected chi connectivity index (χ3v) is 12.8. The Labute approximate surface area is 391 Å². The molecule has 0 aliphatic carbocycles. The minimum atomic E-state index is 0.370. The topological polar surface area (TPSA) is 107 Å². The van der Waals surface area contributed by atoms with Crippen LogP contribution in [0, 0.1) is 34.0 Å². The molecule has 0 aliphatic rings. The molecule has 0 fully saturated rings. The van der Waals surface area contributed by atoms with E-state index in [1.165, 1.54) is 10.8 Å². The highest BCUT2D eigenvalue weighted by Crippen LogP contribution is 2.42. The summed E-state index contributed by atoms with van der Waals surface area (Å²) in [7, 11) is 0. The molecule has 0 saturated carbocycles. The highest BCUT2D eigenvalue weighted by atomic mass is 15.0. The van der Waals surface area contributed by atoms with Crippen LogP contribution in [0.4, 0.5) is 0 Å². The monoisotopic (exact) mass is 865 g/mol. The second-order valence-electron chi connectivity index (χ2n) is 16.7. The molecule has 0 amide bonds. The maximum atomic E-state index is 10.1. The average Bonchev–Trinajstić information content (AvgIpc) is 3.93. The summed E-state index contributed by atoms with van der Waals surface area (Å²) < 4.78 is 4.59. The van der Waals surface area contributed by atoms with Crippen molar-refractivity contribution in [3.8, 4) is 85.7 Å². The summed E-state index contributed by atoms with van der Waals surface area (Å²) in [5.41, 5.74) is 15.2. The molecule has 0 bridgehead atoms. The van der Waals surface area contributed by atoms with Gasteiger partial charge in [-0.2, -0.15) is 15.8 Å². The van der Waals surface area contributed by atoms with Crippen LogP contribution in [0.15, 0.2) is 212 Å². The lowest BCUT2D eigenvalue weighted by molar-refractivity contribution is 1.17. The molecule has 0 atom stereocenters. The van der Waals surface area contributed by atoms with Gasteiger partial charge in [0.1, 0.15) is 0 Å². The first-order chi connectivity index (χ1) is 33.6. The van der Waals surface area contributed by atoms with Crippen LogP contribution in [0.2, 0.25) is 0 Å². The van der Waals surface area contributed by atoms with E-state index >= 15 is 0 Å². The second kappa shape index (κ2) is 16.3. The summed E-state index contributed by atoms with van der Waals surface area (Å²) in [4.78, 5) is 10.3.